The van der Waals surface area contributed by atoms with Crippen LogP contribution in [0.3, 0.4) is 0 Å². The lowest BCUT2D eigenvalue weighted by molar-refractivity contribution is 0.219. The summed E-state index contributed by atoms with van der Waals surface area (Å²) in [5, 5.41) is 0. The fourth-order valence-corrected chi connectivity index (χ4v) is 3.43. The van der Waals surface area contributed by atoms with Crippen LogP contribution in [0.15, 0.2) is 54.6 Å². The standard InChI is InChI=1S/C20H25N/c1-17(16-21-14-8-3-9-15-21)19-12-6-7-13-20(19)18-10-4-2-5-11-18/h2,4-7,10-13,17H,3,8-9,14-16H2,1H3. The maximum atomic E-state index is 2.63. The maximum absolute atomic E-state index is 2.63. The number of benzene rings is 2. The summed E-state index contributed by atoms with van der Waals surface area (Å²) in [5.41, 5.74) is 4.20. The van der Waals surface area contributed by atoms with Crippen LogP contribution in [-0.2, 0) is 0 Å². The second-order valence-electron chi connectivity index (χ2n) is 6.22. The molecule has 21 heavy (non-hydrogen) atoms. The second kappa shape index (κ2) is 6.91. The van der Waals surface area contributed by atoms with Crippen LogP contribution in [0.2, 0.25) is 0 Å². The second-order valence-corrected chi connectivity index (χ2v) is 6.22. The highest BCUT2D eigenvalue weighted by Crippen LogP contribution is 2.30. The van der Waals surface area contributed by atoms with Crippen LogP contribution < -0.4 is 0 Å². The van der Waals surface area contributed by atoms with Gasteiger partial charge in [0.1, 0.15) is 0 Å². The molecule has 1 heterocycles. The normalized spacial score (nSPS) is 17.6. The molecular weight excluding hydrogens is 254 g/mol. The van der Waals surface area contributed by atoms with E-state index in [0.717, 1.165) is 0 Å². The predicted molar refractivity (Wildman–Crippen MR) is 90.6 cm³/mol. The van der Waals surface area contributed by atoms with E-state index < -0.39 is 0 Å². The van der Waals surface area contributed by atoms with Crippen molar-refractivity contribution in [3.63, 3.8) is 0 Å². The van der Waals surface area contributed by atoms with Crippen LogP contribution in [0, 0.1) is 0 Å². The van der Waals surface area contributed by atoms with Crippen molar-refractivity contribution in [2.45, 2.75) is 32.1 Å². The van der Waals surface area contributed by atoms with E-state index in [0.29, 0.717) is 5.92 Å². The van der Waals surface area contributed by atoms with E-state index in [-0.39, 0.29) is 0 Å². The van der Waals surface area contributed by atoms with Crippen molar-refractivity contribution in [1.29, 1.82) is 0 Å². The lowest BCUT2D eigenvalue weighted by Gasteiger charge is -2.30. The summed E-state index contributed by atoms with van der Waals surface area (Å²) in [4.78, 5) is 2.63. The highest BCUT2D eigenvalue weighted by molar-refractivity contribution is 5.67. The Kier molecular flexibility index (Phi) is 4.72. The molecule has 0 spiro atoms. The molecule has 0 amide bonds. The molecule has 2 aromatic carbocycles. The third-order valence-corrected chi connectivity index (χ3v) is 4.56. The molecular formula is C20H25N. The molecule has 1 aliphatic rings. The minimum atomic E-state index is 0.583. The topological polar surface area (TPSA) is 3.24 Å². The van der Waals surface area contributed by atoms with Crippen LogP contribution in [-0.4, -0.2) is 24.5 Å². The minimum Gasteiger partial charge on any atom is -0.303 e. The zero-order chi connectivity index (χ0) is 14.5. The Bertz CT molecular complexity index is 555. The molecule has 3 rings (SSSR count). The van der Waals surface area contributed by atoms with Gasteiger partial charge in [0.15, 0.2) is 0 Å². The van der Waals surface area contributed by atoms with E-state index in [2.05, 4.69) is 66.4 Å². The van der Waals surface area contributed by atoms with Crippen molar-refractivity contribution in [3.05, 3.63) is 60.2 Å². The van der Waals surface area contributed by atoms with Gasteiger partial charge in [-0.15, -0.1) is 0 Å². The van der Waals surface area contributed by atoms with Gasteiger partial charge in [0, 0.05) is 6.54 Å². The third-order valence-electron chi connectivity index (χ3n) is 4.56. The molecule has 110 valence electrons. The lowest BCUT2D eigenvalue weighted by atomic mass is 9.91. The molecule has 1 saturated heterocycles. The van der Waals surface area contributed by atoms with Gasteiger partial charge >= 0.3 is 0 Å². The number of nitrogens with zero attached hydrogens (tertiary/aromatic N) is 1. The van der Waals surface area contributed by atoms with Crippen molar-refractivity contribution in [1.82, 2.24) is 4.90 Å². The predicted octanol–water partition coefficient (Wildman–Crippen LogP) is 4.94. The summed E-state index contributed by atoms with van der Waals surface area (Å²) in [7, 11) is 0. The molecule has 1 nitrogen and oxygen atoms in total. The van der Waals surface area contributed by atoms with Crippen molar-refractivity contribution in [2.75, 3.05) is 19.6 Å². The molecule has 1 unspecified atom stereocenters. The minimum absolute atomic E-state index is 0.583. The first kappa shape index (κ1) is 14.3. The fourth-order valence-electron chi connectivity index (χ4n) is 3.43. The van der Waals surface area contributed by atoms with Crippen molar-refractivity contribution < 1.29 is 0 Å². The number of likely N-dealkylation sites (tertiary alicyclic amines) is 1. The van der Waals surface area contributed by atoms with E-state index in [9.17, 15) is 0 Å². The zero-order valence-corrected chi connectivity index (χ0v) is 13.0. The van der Waals surface area contributed by atoms with Gasteiger partial charge in [0.05, 0.1) is 0 Å². The van der Waals surface area contributed by atoms with Gasteiger partial charge in [-0.2, -0.15) is 0 Å². The summed E-state index contributed by atoms with van der Waals surface area (Å²) < 4.78 is 0. The number of piperidine rings is 1. The summed E-state index contributed by atoms with van der Waals surface area (Å²) >= 11 is 0. The first-order valence-corrected chi connectivity index (χ1v) is 8.21. The summed E-state index contributed by atoms with van der Waals surface area (Å²) in [6.07, 6.45) is 4.14. The Labute approximate surface area is 128 Å². The van der Waals surface area contributed by atoms with Gasteiger partial charge < -0.3 is 4.90 Å². The van der Waals surface area contributed by atoms with Crippen molar-refractivity contribution in [2.24, 2.45) is 0 Å². The molecule has 0 N–H and O–H groups in total. The van der Waals surface area contributed by atoms with Gasteiger partial charge in [-0.05, 0) is 48.5 Å². The summed E-state index contributed by atoms with van der Waals surface area (Å²) in [6, 6.07) is 19.7. The molecule has 1 aliphatic heterocycles. The highest BCUT2D eigenvalue weighted by Gasteiger charge is 2.17. The molecule has 1 fully saturated rings. The lowest BCUT2D eigenvalue weighted by Crippen LogP contribution is -2.32. The van der Waals surface area contributed by atoms with Crippen LogP contribution in [0.25, 0.3) is 11.1 Å². The Hall–Kier alpha value is -1.60. The number of rotatable bonds is 4. The fraction of sp³-hybridized carbons (Fsp3) is 0.400. The van der Waals surface area contributed by atoms with E-state index >= 15 is 0 Å². The van der Waals surface area contributed by atoms with E-state index in [1.54, 1.807) is 0 Å². The largest absolute Gasteiger partial charge is 0.303 e. The van der Waals surface area contributed by atoms with Gasteiger partial charge in [-0.3, -0.25) is 0 Å². The smallest absolute Gasteiger partial charge is 0.00478 e. The average Bonchev–Trinajstić information content (AvgIpc) is 2.56. The molecule has 1 atom stereocenters. The summed E-state index contributed by atoms with van der Waals surface area (Å²) in [5.74, 6) is 0.583. The van der Waals surface area contributed by atoms with Crippen molar-refractivity contribution >= 4 is 0 Å². The number of hydrogen-bond acceptors (Lipinski definition) is 1. The molecule has 0 aromatic heterocycles. The monoisotopic (exact) mass is 279 g/mol. The molecule has 0 radical (unpaired) electrons. The van der Waals surface area contributed by atoms with Crippen LogP contribution in [0.4, 0.5) is 0 Å². The Morgan fingerprint density at radius 1 is 0.857 bits per heavy atom. The SMILES string of the molecule is CC(CN1CCCCC1)c1ccccc1-c1ccccc1. The first-order valence-electron chi connectivity index (χ1n) is 8.21. The Morgan fingerprint density at radius 2 is 1.52 bits per heavy atom. The van der Waals surface area contributed by atoms with Crippen LogP contribution in [0.5, 0.6) is 0 Å². The van der Waals surface area contributed by atoms with Gasteiger partial charge in [-0.25, -0.2) is 0 Å². The van der Waals surface area contributed by atoms with Crippen LogP contribution >= 0.6 is 0 Å². The highest BCUT2D eigenvalue weighted by atomic mass is 15.1. The maximum Gasteiger partial charge on any atom is 0.00478 e. The van der Waals surface area contributed by atoms with Gasteiger partial charge in [0.25, 0.3) is 0 Å². The molecule has 1 heteroatoms. The molecule has 2 aromatic rings. The summed E-state index contributed by atoms with van der Waals surface area (Å²) in [6.45, 7) is 6.11. The Balaban J connectivity index is 1.81. The molecule has 0 bridgehead atoms. The van der Waals surface area contributed by atoms with Crippen LogP contribution in [0.1, 0.15) is 37.7 Å². The van der Waals surface area contributed by atoms with Gasteiger partial charge in [0.2, 0.25) is 0 Å². The van der Waals surface area contributed by atoms with E-state index in [1.165, 1.54) is 55.6 Å². The van der Waals surface area contributed by atoms with E-state index in [4.69, 9.17) is 0 Å². The average molecular weight is 279 g/mol. The van der Waals surface area contributed by atoms with Gasteiger partial charge in [-0.1, -0.05) is 67.9 Å². The van der Waals surface area contributed by atoms with Crippen molar-refractivity contribution in [3.8, 4) is 11.1 Å². The number of hydrogen-bond donors (Lipinski definition) is 0. The molecule has 0 aliphatic carbocycles. The van der Waals surface area contributed by atoms with E-state index in [1.807, 2.05) is 0 Å². The quantitative estimate of drug-likeness (QED) is 0.766. The Morgan fingerprint density at radius 3 is 2.29 bits per heavy atom. The first-order chi connectivity index (χ1) is 10.3. The zero-order valence-electron chi connectivity index (χ0n) is 13.0. The molecule has 0 saturated carbocycles. The third kappa shape index (κ3) is 3.54.